The number of hydrogen-bond acceptors (Lipinski definition) is 9. The minimum atomic E-state index is -3.75. The van der Waals surface area contributed by atoms with Crippen LogP contribution in [0.15, 0.2) is 33.9 Å². The second-order valence-electron chi connectivity index (χ2n) is 7.16. The number of rotatable bonds is 5. The zero-order valence-electron chi connectivity index (χ0n) is 17.3. The summed E-state index contributed by atoms with van der Waals surface area (Å²) >= 11 is 7.16. The molecule has 174 valence electrons. The van der Waals surface area contributed by atoms with Crippen molar-refractivity contribution in [3.8, 4) is 5.75 Å². The molecule has 33 heavy (non-hydrogen) atoms. The highest BCUT2D eigenvalue weighted by atomic mass is 35.5. The number of amides is 2. The van der Waals surface area contributed by atoms with Crippen molar-refractivity contribution in [2.45, 2.75) is 6.42 Å². The van der Waals surface area contributed by atoms with Gasteiger partial charge in [-0.05, 0) is 35.5 Å². The highest BCUT2D eigenvalue weighted by Gasteiger charge is 2.36. The number of nitrogens with zero attached hydrogens (tertiary/aromatic N) is 4. The average Bonchev–Trinajstić information content (AvgIpc) is 3.15. The quantitative estimate of drug-likeness (QED) is 0.463. The molecule has 1 saturated heterocycles. The lowest BCUT2D eigenvalue weighted by molar-refractivity contribution is -0.133. The number of fused-ring (bicyclic) bond motifs is 1. The van der Waals surface area contributed by atoms with Gasteiger partial charge in [0.25, 0.3) is 5.91 Å². The Balaban J connectivity index is 1.52. The minimum Gasteiger partial charge on any atom is -0.381 e. The van der Waals surface area contributed by atoms with Crippen molar-refractivity contribution >= 4 is 67.4 Å². The number of carbonyl (C=O) groups excluding carboxylic acids is 2. The molecule has 1 aromatic carbocycles. The van der Waals surface area contributed by atoms with Crippen LogP contribution < -0.4 is 4.18 Å². The molecule has 1 N–H and O–H groups in total. The molecule has 0 bridgehead atoms. The molecule has 3 heterocycles. The van der Waals surface area contributed by atoms with Crippen molar-refractivity contribution < 1.29 is 26.9 Å². The first kappa shape index (κ1) is 23.4. The van der Waals surface area contributed by atoms with Gasteiger partial charge in [-0.3, -0.25) is 15.0 Å². The number of morpholine rings is 1. The number of aliphatic imine (C=N–C) groups is 1. The van der Waals surface area contributed by atoms with Crippen LogP contribution in [0.1, 0.15) is 12.0 Å². The lowest BCUT2D eigenvalue weighted by atomic mass is 10.1. The number of nitrogens with one attached hydrogen (secondary N) is 1. The molecule has 0 aromatic heterocycles. The van der Waals surface area contributed by atoms with Crippen molar-refractivity contribution in [3.05, 3.63) is 34.4 Å². The molecule has 14 heteroatoms. The van der Waals surface area contributed by atoms with E-state index in [9.17, 15) is 18.0 Å². The molecule has 3 aliphatic rings. The largest absolute Gasteiger partial charge is 0.381 e. The van der Waals surface area contributed by atoms with E-state index in [2.05, 4.69) is 10.1 Å². The van der Waals surface area contributed by atoms with Crippen LogP contribution in [0.4, 0.5) is 0 Å². The first-order valence-corrected chi connectivity index (χ1v) is 12.7. The van der Waals surface area contributed by atoms with E-state index in [-0.39, 0.29) is 39.7 Å². The maximum atomic E-state index is 12.6. The second kappa shape index (κ2) is 9.25. The normalized spacial score (nSPS) is 20.0. The number of carbonyl (C=O) groups is 2. The summed E-state index contributed by atoms with van der Waals surface area (Å²) in [6.45, 7) is 2.00. The summed E-state index contributed by atoms with van der Waals surface area (Å²) < 4.78 is 32.6. The Morgan fingerprint density at radius 3 is 2.76 bits per heavy atom. The summed E-state index contributed by atoms with van der Waals surface area (Å²) in [5.41, 5.74) is 0.405. The standard InChI is InChI=1S/C19H18ClN5O6S2/c1-33(28,29)31-14-3-2-11(9-13(14)20)8-12-17(21)25-19(22-18(12)27)32-15(23-25)10-16(26)24-4-6-30-7-5-24/h2-3,8-9,21H,4-7,10H2,1H3/b12-8+,21-17?. The van der Waals surface area contributed by atoms with Crippen molar-refractivity contribution in [1.82, 2.24) is 9.91 Å². The lowest BCUT2D eigenvalue weighted by Gasteiger charge is -2.26. The maximum Gasteiger partial charge on any atom is 0.306 e. The van der Waals surface area contributed by atoms with Crippen LogP contribution in [-0.4, -0.2) is 78.7 Å². The molecule has 0 radical (unpaired) electrons. The van der Waals surface area contributed by atoms with Crippen molar-refractivity contribution in [2.75, 3.05) is 32.6 Å². The average molecular weight is 512 g/mol. The zero-order valence-corrected chi connectivity index (χ0v) is 19.7. The van der Waals surface area contributed by atoms with Crippen molar-refractivity contribution in [2.24, 2.45) is 10.1 Å². The summed E-state index contributed by atoms with van der Waals surface area (Å²) in [5.74, 6) is -0.993. The highest BCUT2D eigenvalue weighted by molar-refractivity contribution is 8.27. The summed E-state index contributed by atoms with van der Waals surface area (Å²) in [4.78, 5) is 30.7. The summed E-state index contributed by atoms with van der Waals surface area (Å²) in [6, 6.07) is 4.25. The van der Waals surface area contributed by atoms with E-state index in [4.69, 9.17) is 25.9 Å². The molecule has 3 aliphatic heterocycles. The molecular formula is C19H18ClN5O6S2. The van der Waals surface area contributed by atoms with Gasteiger partial charge in [0.05, 0.1) is 36.5 Å². The molecule has 0 unspecified atom stereocenters. The fraction of sp³-hybridized carbons (Fsp3) is 0.316. The molecule has 0 saturated carbocycles. The molecule has 0 aliphatic carbocycles. The van der Waals surface area contributed by atoms with E-state index in [0.717, 1.165) is 18.0 Å². The van der Waals surface area contributed by atoms with E-state index in [0.29, 0.717) is 36.9 Å². The van der Waals surface area contributed by atoms with Gasteiger partial charge in [-0.2, -0.15) is 23.5 Å². The number of ether oxygens (including phenoxy) is 1. The Morgan fingerprint density at radius 2 is 2.09 bits per heavy atom. The Bertz CT molecular complexity index is 1240. The SMILES string of the molecule is CS(=O)(=O)Oc1ccc(/C=C2\C(=N)N3N=C(CC(=O)N4CCOCC4)SC3=NC2=O)cc1Cl. The first-order chi connectivity index (χ1) is 15.6. The van der Waals surface area contributed by atoms with Crippen LogP contribution in [0.5, 0.6) is 5.75 Å². The van der Waals surface area contributed by atoms with Gasteiger partial charge in [-0.15, -0.1) is 0 Å². The number of benzene rings is 1. The van der Waals surface area contributed by atoms with Gasteiger partial charge in [0.2, 0.25) is 11.1 Å². The van der Waals surface area contributed by atoms with Crippen molar-refractivity contribution in [1.29, 1.82) is 5.41 Å². The Hall–Kier alpha value is -2.74. The predicted octanol–water partition coefficient (Wildman–Crippen LogP) is 1.55. The molecule has 0 spiro atoms. The van der Waals surface area contributed by atoms with Gasteiger partial charge in [-0.1, -0.05) is 17.7 Å². The topological polar surface area (TPSA) is 142 Å². The third-order valence-electron chi connectivity index (χ3n) is 4.67. The molecule has 11 nitrogen and oxygen atoms in total. The number of thioether (sulfide) groups is 1. The second-order valence-corrected chi connectivity index (χ2v) is 10.2. The van der Waals surface area contributed by atoms with Crippen LogP contribution in [0.3, 0.4) is 0 Å². The van der Waals surface area contributed by atoms with Gasteiger partial charge in [0.1, 0.15) is 5.04 Å². The molecule has 0 atom stereocenters. The van der Waals surface area contributed by atoms with Crippen LogP contribution in [0.25, 0.3) is 6.08 Å². The van der Waals surface area contributed by atoms with Crippen LogP contribution in [0, 0.1) is 5.41 Å². The Labute approximate surface area is 198 Å². The zero-order chi connectivity index (χ0) is 23.8. The van der Waals surface area contributed by atoms with Gasteiger partial charge in [0.15, 0.2) is 11.6 Å². The highest BCUT2D eigenvalue weighted by Crippen LogP contribution is 2.31. The van der Waals surface area contributed by atoms with Gasteiger partial charge < -0.3 is 13.8 Å². The molecule has 2 amide bonds. The van der Waals surface area contributed by atoms with E-state index < -0.39 is 16.0 Å². The molecule has 1 aromatic rings. The number of halogens is 1. The third-order valence-corrected chi connectivity index (χ3v) is 6.36. The fourth-order valence-electron chi connectivity index (χ4n) is 3.16. The van der Waals surface area contributed by atoms with Crippen molar-refractivity contribution in [3.63, 3.8) is 0 Å². The fourth-order valence-corrected chi connectivity index (χ4v) is 4.78. The molecule has 4 rings (SSSR count). The summed E-state index contributed by atoms with van der Waals surface area (Å²) in [6.07, 6.45) is 2.34. The van der Waals surface area contributed by atoms with Crippen LogP contribution in [-0.2, 0) is 24.4 Å². The maximum absolute atomic E-state index is 12.6. The smallest absolute Gasteiger partial charge is 0.306 e. The minimum absolute atomic E-state index is 0.0208. The number of amidine groups is 2. The Morgan fingerprint density at radius 1 is 1.36 bits per heavy atom. The van der Waals surface area contributed by atoms with Gasteiger partial charge in [-0.25, -0.2) is 0 Å². The van der Waals surface area contributed by atoms with E-state index in [1.165, 1.54) is 29.3 Å². The first-order valence-electron chi connectivity index (χ1n) is 9.64. The predicted molar refractivity (Wildman–Crippen MR) is 124 cm³/mol. The van der Waals surface area contributed by atoms with Gasteiger partial charge >= 0.3 is 10.1 Å². The monoisotopic (exact) mass is 511 g/mol. The number of hydrazone groups is 1. The Kier molecular flexibility index (Phi) is 6.56. The lowest BCUT2D eigenvalue weighted by Crippen LogP contribution is -2.41. The molecular weight excluding hydrogens is 494 g/mol. The number of hydrogen-bond donors (Lipinski definition) is 1. The summed E-state index contributed by atoms with van der Waals surface area (Å²) in [7, 11) is -3.75. The molecule has 1 fully saturated rings. The van der Waals surface area contributed by atoms with Gasteiger partial charge in [0, 0.05) is 13.1 Å². The third kappa shape index (κ3) is 5.43. The van der Waals surface area contributed by atoms with E-state index in [1.54, 1.807) is 4.90 Å². The van der Waals surface area contributed by atoms with Crippen LogP contribution >= 0.6 is 23.4 Å². The van der Waals surface area contributed by atoms with E-state index >= 15 is 0 Å². The summed E-state index contributed by atoms with van der Waals surface area (Å²) in [5, 5.41) is 14.6. The van der Waals surface area contributed by atoms with Crippen LogP contribution in [0.2, 0.25) is 5.02 Å². The van der Waals surface area contributed by atoms with E-state index in [1.807, 2.05) is 0 Å².